The molecule has 1 aromatic carbocycles. The Labute approximate surface area is 105 Å². The first-order valence-corrected chi connectivity index (χ1v) is 6.07. The lowest BCUT2D eigenvalue weighted by Crippen LogP contribution is -2.17. The quantitative estimate of drug-likeness (QED) is 0.818. The molecule has 4 heteroatoms. The molecule has 0 amide bonds. The van der Waals surface area contributed by atoms with Crippen LogP contribution in [0.1, 0.15) is 25.3 Å². The van der Waals surface area contributed by atoms with Crippen molar-refractivity contribution in [2.24, 2.45) is 0 Å². The molecule has 1 heterocycles. The second kappa shape index (κ2) is 5.96. The topological polar surface area (TPSA) is 18.5 Å². The Hall–Kier alpha value is -1.42. The molecular weight excluding hydrogens is 238 g/mol. The highest BCUT2D eigenvalue weighted by atomic mass is 19.2. The van der Waals surface area contributed by atoms with Gasteiger partial charge in [0.05, 0.1) is 6.10 Å². The monoisotopic (exact) mass is 254 g/mol. The summed E-state index contributed by atoms with van der Waals surface area (Å²) in [5.41, 5.74) is 0.222. The van der Waals surface area contributed by atoms with Crippen LogP contribution in [0.25, 0.3) is 6.08 Å². The van der Waals surface area contributed by atoms with E-state index in [1.807, 2.05) is 0 Å². The van der Waals surface area contributed by atoms with E-state index in [0.717, 1.165) is 12.8 Å². The Bertz CT molecular complexity index is 438. The van der Waals surface area contributed by atoms with Gasteiger partial charge in [0.15, 0.2) is 11.6 Å². The number of hydrogen-bond acceptors (Lipinski definition) is 2. The van der Waals surface area contributed by atoms with E-state index in [2.05, 4.69) is 0 Å². The maximum atomic E-state index is 13.7. The lowest BCUT2D eigenvalue weighted by atomic mass is 10.2. The molecule has 0 aliphatic carbocycles. The molecule has 1 aromatic rings. The maximum absolute atomic E-state index is 13.7. The summed E-state index contributed by atoms with van der Waals surface area (Å²) in [4.78, 5) is 0. The number of hydrogen-bond donors (Lipinski definition) is 0. The summed E-state index contributed by atoms with van der Waals surface area (Å²) in [5, 5.41) is 0. The van der Waals surface area contributed by atoms with E-state index in [1.165, 1.54) is 18.2 Å². The van der Waals surface area contributed by atoms with E-state index in [4.69, 9.17) is 9.47 Å². The summed E-state index contributed by atoms with van der Waals surface area (Å²) >= 11 is 0. The highest BCUT2D eigenvalue weighted by Gasteiger charge is 2.18. The minimum absolute atomic E-state index is 0.0114. The van der Waals surface area contributed by atoms with E-state index in [0.29, 0.717) is 6.61 Å². The molecule has 1 saturated heterocycles. The van der Waals surface area contributed by atoms with Crippen LogP contribution in [-0.4, -0.2) is 19.3 Å². The normalized spacial score (nSPS) is 19.6. The van der Waals surface area contributed by atoms with Crippen LogP contribution >= 0.6 is 0 Å². The standard InChI is InChI=1S/C14H16F2O2/c1-2-4-10-6-7-12(14(16)13(10)15)18-9-11-5-3-8-17-11/h2,4,6-7,11H,3,5,8-9H2,1H3/b4-2+. The summed E-state index contributed by atoms with van der Waals surface area (Å²) in [7, 11) is 0. The van der Waals surface area contributed by atoms with E-state index in [9.17, 15) is 8.78 Å². The Morgan fingerprint density at radius 3 is 2.89 bits per heavy atom. The van der Waals surface area contributed by atoms with Gasteiger partial charge in [0.2, 0.25) is 5.82 Å². The zero-order chi connectivity index (χ0) is 13.0. The Morgan fingerprint density at radius 1 is 1.39 bits per heavy atom. The largest absolute Gasteiger partial charge is 0.488 e. The van der Waals surface area contributed by atoms with Gasteiger partial charge in [0.25, 0.3) is 0 Å². The van der Waals surface area contributed by atoms with Crippen LogP contribution in [0.4, 0.5) is 8.78 Å². The number of rotatable bonds is 4. The molecule has 2 rings (SSSR count). The summed E-state index contributed by atoms with van der Waals surface area (Å²) in [6.07, 6.45) is 5.06. The maximum Gasteiger partial charge on any atom is 0.201 e. The molecule has 1 aliphatic rings. The van der Waals surface area contributed by atoms with Gasteiger partial charge < -0.3 is 9.47 Å². The van der Waals surface area contributed by atoms with Crippen LogP contribution in [0, 0.1) is 11.6 Å². The second-order valence-electron chi connectivity index (χ2n) is 4.23. The van der Waals surface area contributed by atoms with Crippen molar-refractivity contribution in [1.29, 1.82) is 0 Å². The summed E-state index contributed by atoms with van der Waals surface area (Å²) in [6.45, 7) is 2.73. The predicted octanol–water partition coefficient (Wildman–Crippen LogP) is 3.56. The van der Waals surface area contributed by atoms with E-state index in [-0.39, 0.29) is 24.0 Å². The summed E-state index contributed by atoms with van der Waals surface area (Å²) < 4.78 is 37.9. The zero-order valence-electron chi connectivity index (χ0n) is 10.3. The molecule has 1 aliphatic heterocycles. The lowest BCUT2D eigenvalue weighted by Gasteiger charge is -2.12. The van der Waals surface area contributed by atoms with Crippen molar-refractivity contribution in [3.05, 3.63) is 35.4 Å². The molecule has 0 N–H and O–H groups in total. The first-order chi connectivity index (χ1) is 8.72. The Balaban J connectivity index is 2.06. The fourth-order valence-corrected chi connectivity index (χ4v) is 1.92. The average molecular weight is 254 g/mol. The molecule has 98 valence electrons. The van der Waals surface area contributed by atoms with Gasteiger partial charge in [0.1, 0.15) is 6.61 Å². The molecule has 0 spiro atoms. The van der Waals surface area contributed by atoms with Crippen molar-refractivity contribution in [3.63, 3.8) is 0 Å². The van der Waals surface area contributed by atoms with Crippen LogP contribution in [0.2, 0.25) is 0 Å². The smallest absolute Gasteiger partial charge is 0.201 e. The van der Waals surface area contributed by atoms with Gasteiger partial charge in [-0.25, -0.2) is 4.39 Å². The molecule has 0 saturated carbocycles. The van der Waals surface area contributed by atoms with Crippen molar-refractivity contribution in [2.75, 3.05) is 13.2 Å². The first-order valence-electron chi connectivity index (χ1n) is 6.07. The van der Waals surface area contributed by atoms with Crippen LogP contribution in [-0.2, 0) is 4.74 Å². The molecular formula is C14H16F2O2. The second-order valence-corrected chi connectivity index (χ2v) is 4.23. The predicted molar refractivity (Wildman–Crippen MR) is 65.5 cm³/mol. The Morgan fingerprint density at radius 2 is 2.22 bits per heavy atom. The van der Waals surface area contributed by atoms with Gasteiger partial charge in [0, 0.05) is 12.2 Å². The molecule has 0 bridgehead atoms. The first kappa shape index (κ1) is 13.0. The van der Waals surface area contributed by atoms with Gasteiger partial charge in [-0.1, -0.05) is 12.2 Å². The van der Waals surface area contributed by atoms with Crippen molar-refractivity contribution in [1.82, 2.24) is 0 Å². The number of allylic oxidation sites excluding steroid dienone is 1. The number of ether oxygens (including phenoxy) is 2. The summed E-state index contributed by atoms with van der Waals surface area (Å²) in [5.74, 6) is -1.88. The molecule has 18 heavy (non-hydrogen) atoms. The number of benzene rings is 1. The SMILES string of the molecule is C/C=C/c1ccc(OCC2CCCO2)c(F)c1F. The average Bonchev–Trinajstić information content (AvgIpc) is 2.87. The lowest BCUT2D eigenvalue weighted by molar-refractivity contribution is 0.0663. The molecule has 0 radical (unpaired) electrons. The van der Waals surface area contributed by atoms with Crippen LogP contribution in [0.15, 0.2) is 18.2 Å². The summed E-state index contributed by atoms with van der Waals surface area (Å²) in [6, 6.07) is 2.95. The fourth-order valence-electron chi connectivity index (χ4n) is 1.92. The van der Waals surface area contributed by atoms with E-state index >= 15 is 0 Å². The highest BCUT2D eigenvalue weighted by Crippen LogP contribution is 2.24. The van der Waals surface area contributed by atoms with Crippen LogP contribution in [0.5, 0.6) is 5.75 Å². The van der Waals surface area contributed by atoms with E-state index in [1.54, 1.807) is 13.0 Å². The third kappa shape index (κ3) is 2.88. The van der Waals surface area contributed by atoms with Crippen molar-refractivity contribution in [3.8, 4) is 5.75 Å². The van der Waals surface area contributed by atoms with Crippen molar-refractivity contribution >= 4 is 6.08 Å². The molecule has 2 nitrogen and oxygen atoms in total. The van der Waals surface area contributed by atoms with Crippen molar-refractivity contribution < 1.29 is 18.3 Å². The Kier molecular flexibility index (Phi) is 4.31. The molecule has 1 atom stereocenters. The molecule has 0 aromatic heterocycles. The highest BCUT2D eigenvalue weighted by molar-refractivity contribution is 5.51. The van der Waals surface area contributed by atoms with Gasteiger partial charge in [-0.3, -0.25) is 0 Å². The minimum atomic E-state index is -0.941. The molecule has 1 fully saturated rings. The van der Waals surface area contributed by atoms with Gasteiger partial charge in [-0.05, 0) is 31.9 Å². The minimum Gasteiger partial charge on any atom is -0.488 e. The third-order valence-corrected chi connectivity index (χ3v) is 2.87. The van der Waals surface area contributed by atoms with Gasteiger partial charge in [-0.15, -0.1) is 0 Å². The van der Waals surface area contributed by atoms with Crippen LogP contribution < -0.4 is 4.74 Å². The molecule has 1 unspecified atom stereocenters. The van der Waals surface area contributed by atoms with Gasteiger partial charge >= 0.3 is 0 Å². The van der Waals surface area contributed by atoms with Crippen molar-refractivity contribution in [2.45, 2.75) is 25.9 Å². The van der Waals surface area contributed by atoms with Crippen LogP contribution in [0.3, 0.4) is 0 Å². The van der Waals surface area contributed by atoms with E-state index < -0.39 is 11.6 Å². The fraction of sp³-hybridized carbons (Fsp3) is 0.429. The number of halogens is 2. The zero-order valence-corrected chi connectivity index (χ0v) is 10.3. The third-order valence-electron chi connectivity index (χ3n) is 2.87. The van der Waals surface area contributed by atoms with Gasteiger partial charge in [-0.2, -0.15) is 4.39 Å².